The Morgan fingerprint density at radius 2 is 2.07 bits per heavy atom. The van der Waals surface area contributed by atoms with Gasteiger partial charge in [0.25, 0.3) is 5.91 Å². The SMILES string of the molecule is CCCNC(=O)c1ccc(CC#N)cc1. The summed E-state index contributed by atoms with van der Waals surface area (Å²) in [5, 5.41) is 11.3. The molecule has 0 unspecified atom stereocenters. The van der Waals surface area contributed by atoms with E-state index in [0.717, 1.165) is 12.0 Å². The minimum Gasteiger partial charge on any atom is -0.352 e. The second-order valence-corrected chi connectivity index (χ2v) is 3.29. The van der Waals surface area contributed by atoms with Crippen molar-refractivity contribution in [1.82, 2.24) is 5.32 Å². The highest BCUT2D eigenvalue weighted by Gasteiger charge is 2.03. The van der Waals surface area contributed by atoms with E-state index in [1.165, 1.54) is 0 Å². The van der Waals surface area contributed by atoms with Crippen molar-refractivity contribution in [3.8, 4) is 6.07 Å². The van der Waals surface area contributed by atoms with Crippen LogP contribution in [0.15, 0.2) is 24.3 Å². The highest BCUT2D eigenvalue weighted by molar-refractivity contribution is 5.94. The molecule has 1 N–H and O–H groups in total. The molecule has 0 spiro atoms. The summed E-state index contributed by atoms with van der Waals surface area (Å²) < 4.78 is 0. The lowest BCUT2D eigenvalue weighted by molar-refractivity contribution is 0.0953. The Morgan fingerprint density at radius 1 is 1.40 bits per heavy atom. The van der Waals surface area contributed by atoms with Crippen LogP contribution in [-0.4, -0.2) is 12.5 Å². The molecule has 0 aliphatic rings. The van der Waals surface area contributed by atoms with E-state index in [1.807, 2.05) is 19.1 Å². The molecule has 1 rings (SSSR count). The number of carbonyl (C=O) groups is 1. The minimum absolute atomic E-state index is 0.0552. The maximum absolute atomic E-state index is 11.5. The lowest BCUT2D eigenvalue weighted by atomic mass is 10.1. The summed E-state index contributed by atoms with van der Waals surface area (Å²) in [5.41, 5.74) is 1.58. The van der Waals surface area contributed by atoms with Crippen LogP contribution < -0.4 is 5.32 Å². The molecular weight excluding hydrogens is 188 g/mol. The number of benzene rings is 1. The van der Waals surface area contributed by atoms with Crippen molar-refractivity contribution in [2.75, 3.05) is 6.54 Å². The van der Waals surface area contributed by atoms with Gasteiger partial charge in [0.1, 0.15) is 0 Å². The van der Waals surface area contributed by atoms with Crippen LogP contribution in [0.5, 0.6) is 0 Å². The van der Waals surface area contributed by atoms with Crippen LogP contribution in [0.1, 0.15) is 29.3 Å². The first-order chi connectivity index (χ1) is 7.27. The molecular formula is C12H14N2O. The second-order valence-electron chi connectivity index (χ2n) is 3.29. The van der Waals surface area contributed by atoms with Crippen molar-refractivity contribution in [2.45, 2.75) is 19.8 Å². The lowest BCUT2D eigenvalue weighted by Gasteiger charge is -2.03. The number of nitriles is 1. The van der Waals surface area contributed by atoms with Crippen molar-refractivity contribution in [3.05, 3.63) is 35.4 Å². The van der Waals surface area contributed by atoms with Gasteiger partial charge in [-0.15, -0.1) is 0 Å². The molecule has 1 aromatic rings. The number of rotatable bonds is 4. The van der Waals surface area contributed by atoms with E-state index < -0.39 is 0 Å². The fourth-order valence-electron chi connectivity index (χ4n) is 1.21. The van der Waals surface area contributed by atoms with Gasteiger partial charge in [-0.05, 0) is 24.1 Å². The molecule has 0 aromatic heterocycles. The van der Waals surface area contributed by atoms with Crippen molar-refractivity contribution in [2.24, 2.45) is 0 Å². The molecule has 0 aliphatic heterocycles. The summed E-state index contributed by atoms with van der Waals surface area (Å²) in [6.07, 6.45) is 1.31. The number of carbonyl (C=O) groups excluding carboxylic acids is 1. The van der Waals surface area contributed by atoms with Gasteiger partial charge in [0.15, 0.2) is 0 Å². The number of nitrogens with one attached hydrogen (secondary N) is 1. The van der Waals surface area contributed by atoms with Crippen molar-refractivity contribution < 1.29 is 4.79 Å². The highest BCUT2D eigenvalue weighted by atomic mass is 16.1. The monoisotopic (exact) mass is 202 g/mol. The zero-order chi connectivity index (χ0) is 11.1. The van der Waals surface area contributed by atoms with Crippen LogP contribution in [0, 0.1) is 11.3 Å². The van der Waals surface area contributed by atoms with E-state index >= 15 is 0 Å². The van der Waals surface area contributed by atoms with Crippen molar-refractivity contribution in [3.63, 3.8) is 0 Å². The molecule has 0 heterocycles. The first-order valence-corrected chi connectivity index (χ1v) is 5.02. The van der Waals surface area contributed by atoms with Gasteiger partial charge >= 0.3 is 0 Å². The maximum atomic E-state index is 11.5. The van der Waals surface area contributed by atoms with Gasteiger partial charge in [0, 0.05) is 12.1 Å². The Labute approximate surface area is 89.7 Å². The molecule has 1 amide bonds. The van der Waals surface area contributed by atoms with Gasteiger partial charge in [-0.25, -0.2) is 0 Å². The van der Waals surface area contributed by atoms with Gasteiger partial charge in [0.05, 0.1) is 12.5 Å². The topological polar surface area (TPSA) is 52.9 Å². The molecule has 0 atom stereocenters. The summed E-state index contributed by atoms with van der Waals surface area (Å²) in [5.74, 6) is -0.0552. The fraction of sp³-hybridized carbons (Fsp3) is 0.333. The molecule has 0 radical (unpaired) electrons. The van der Waals surface area contributed by atoms with E-state index in [1.54, 1.807) is 12.1 Å². The number of amides is 1. The van der Waals surface area contributed by atoms with Crippen molar-refractivity contribution in [1.29, 1.82) is 5.26 Å². The zero-order valence-corrected chi connectivity index (χ0v) is 8.79. The Morgan fingerprint density at radius 3 is 2.60 bits per heavy atom. The molecule has 0 bridgehead atoms. The normalized spacial score (nSPS) is 9.33. The summed E-state index contributed by atoms with van der Waals surface area (Å²) in [6.45, 7) is 2.70. The standard InChI is InChI=1S/C12H14N2O/c1-2-9-14-12(15)11-5-3-10(4-6-11)7-8-13/h3-6H,2,7,9H2,1H3,(H,14,15). The average Bonchev–Trinajstić information content (AvgIpc) is 2.27. The number of hydrogen-bond donors (Lipinski definition) is 1. The van der Waals surface area contributed by atoms with Gasteiger partial charge in [-0.1, -0.05) is 19.1 Å². The Kier molecular flexibility index (Phi) is 4.36. The molecule has 0 saturated heterocycles. The van der Waals surface area contributed by atoms with Crippen molar-refractivity contribution >= 4 is 5.91 Å². The summed E-state index contributed by atoms with van der Waals surface area (Å²) in [4.78, 5) is 11.5. The summed E-state index contributed by atoms with van der Waals surface area (Å²) in [7, 11) is 0. The zero-order valence-electron chi connectivity index (χ0n) is 8.79. The van der Waals surface area contributed by atoms with Gasteiger partial charge in [0.2, 0.25) is 0 Å². The van der Waals surface area contributed by atoms with Gasteiger partial charge in [-0.3, -0.25) is 4.79 Å². The largest absolute Gasteiger partial charge is 0.352 e. The van der Waals surface area contributed by atoms with E-state index in [0.29, 0.717) is 18.5 Å². The highest BCUT2D eigenvalue weighted by Crippen LogP contribution is 2.04. The first-order valence-electron chi connectivity index (χ1n) is 5.02. The molecule has 3 nitrogen and oxygen atoms in total. The van der Waals surface area contributed by atoms with Gasteiger partial charge in [-0.2, -0.15) is 5.26 Å². The Balaban J connectivity index is 2.63. The van der Waals surface area contributed by atoms with Crippen LogP contribution in [0.3, 0.4) is 0 Å². The third-order valence-electron chi connectivity index (χ3n) is 2.03. The number of nitrogens with zero attached hydrogens (tertiary/aromatic N) is 1. The van der Waals surface area contributed by atoms with E-state index in [9.17, 15) is 4.79 Å². The third-order valence-corrected chi connectivity index (χ3v) is 2.03. The van der Waals surface area contributed by atoms with Crippen LogP contribution in [0.2, 0.25) is 0 Å². The minimum atomic E-state index is -0.0552. The first kappa shape index (κ1) is 11.3. The molecule has 3 heteroatoms. The molecule has 0 aliphatic carbocycles. The van der Waals surface area contributed by atoms with E-state index in [-0.39, 0.29) is 5.91 Å². The number of hydrogen-bond acceptors (Lipinski definition) is 2. The molecule has 1 aromatic carbocycles. The average molecular weight is 202 g/mol. The summed E-state index contributed by atoms with van der Waals surface area (Å²) in [6, 6.07) is 9.18. The second kappa shape index (κ2) is 5.82. The lowest BCUT2D eigenvalue weighted by Crippen LogP contribution is -2.23. The summed E-state index contributed by atoms with van der Waals surface area (Å²) >= 11 is 0. The van der Waals surface area contributed by atoms with E-state index in [2.05, 4.69) is 11.4 Å². The molecule has 78 valence electrons. The smallest absolute Gasteiger partial charge is 0.251 e. The van der Waals surface area contributed by atoms with Crippen LogP contribution >= 0.6 is 0 Å². The van der Waals surface area contributed by atoms with Crippen LogP contribution in [0.25, 0.3) is 0 Å². The third kappa shape index (κ3) is 3.43. The molecule has 0 saturated carbocycles. The Hall–Kier alpha value is -1.82. The Bertz CT molecular complexity index is 362. The van der Waals surface area contributed by atoms with Crippen LogP contribution in [0.4, 0.5) is 0 Å². The fourth-order valence-corrected chi connectivity index (χ4v) is 1.21. The van der Waals surface area contributed by atoms with E-state index in [4.69, 9.17) is 5.26 Å². The predicted octanol–water partition coefficient (Wildman–Crippen LogP) is 1.89. The predicted molar refractivity (Wildman–Crippen MR) is 58.4 cm³/mol. The van der Waals surface area contributed by atoms with Gasteiger partial charge < -0.3 is 5.32 Å². The van der Waals surface area contributed by atoms with Crippen LogP contribution in [-0.2, 0) is 6.42 Å². The molecule has 0 fully saturated rings. The molecule has 15 heavy (non-hydrogen) atoms. The quantitative estimate of drug-likeness (QED) is 0.810. The maximum Gasteiger partial charge on any atom is 0.251 e.